The van der Waals surface area contributed by atoms with Crippen molar-refractivity contribution in [3.8, 4) is 0 Å². The molecule has 1 heterocycles. The predicted octanol–water partition coefficient (Wildman–Crippen LogP) is 3.02. The Hall–Kier alpha value is -0.820. The molecule has 2 rings (SSSR count). The van der Waals surface area contributed by atoms with Gasteiger partial charge in [0, 0.05) is 13.6 Å². The molecule has 1 unspecified atom stereocenters. The molecule has 0 radical (unpaired) electrons. The van der Waals surface area contributed by atoms with Crippen LogP contribution in [0.2, 0.25) is 0 Å². The van der Waals surface area contributed by atoms with Crippen LogP contribution in [0.4, 0.5) is 0 Å². The van der Waals surface area contributed by atoms with E-state index in [1.54, 1.807) is 0 Å². The van der Waals surface area contributed by atoms with Gasteiger partial charge in [0.15, 0.2) is 5.96 Å². The third-order valence-corrected chi connectivity index (χ3v) is 4.02. The topological polar surface area (TPSA) is 39.7 Å². The van der Waals surface area contributed by atoms with Gasteiger partial charge in [-0.05, 0) is 51.4 Å². The average Bonchev–Trinajstić information content (AvgIpc) is 3.04. The summed E-state index contributed by atoms with van der Waals surface area (Å²) in [6, 6.07) is 10.7. The maximum absolute atomic E-state index is 4.30. The quantitative estimate of drug-likeness (QED) is 0.324. The first kappa shape index (κ1) is 19.2. The Bertz CT molecular complexity index is 430. The van der Waals surface area contributed by atoms with Crippen molar-refractivity contribution in [2.75, 3.05) is 33.2 Å². The SMILES string of the molecule is CN=C(NCCCN1CCCC1)NC(C)c1ccccc1.I. The number of nitrogens with one attached hydrogen (secondary N) is 2. The van der Waals surface area contributed by atoms with E-state index in [1.807, 2.05) is 13.1 Å². The minimum absolute atomic E-state index is 0. The second-order valence-corrected chi connectivity index (χ2v) is 5.68. The molecule has 1 fully saturated rings. The van der Waals surface area contributed by atoms with Crippen LogP contribution in [0.25, 0.3) is 0 Å². The Kier molecular flexibility index (Phi) is 9.47. The zero-order valence-electron chi connectivity index (χ0n) is 13.7. The van der Waals surface area contributed by atoms with Crippen LogP contribution in [0.15, 0.2) is 35.3 Å². The van der Waals surface area contributed by atoms with Crippen molar-refractivity contribution < 1.29 is 0 Å². The van der Waals surface area contributed by atoms with Crippen molar-refractivity contribution in [3.05, 3.63) is 35.9 Å². The summed E-state index contributed by atoms with van der Waals surface area (Å²) < 4.78 is 0. The van der Waals surface area contributed by atoms with E-state index >= 15 is 0 Å². The molecule has 0 bridgehead atoms. The van der Waals surface area contributed by atoms with Crippen LogP contribution in [0.5, 0.6) is 0 Å². The Morgan fingerprint density at radius 2 is 1.91 bits per heavy atom. The molecule has 1 aliphatic rings. The molecule has 0 amide bonds. The molecule has 0 aromatic heterocycles. The molecule has 2 N–H and O–H groups in total. The minimum atomic E-state index is 0. The number of aliphatic imine (C=N–C) groups is 1. The van der Waals surface area contributed by atoms with Crippen LogP contribution < -0.4 is 10.6 Å². The molecule has 1 aromatic carbocycles. The van der Waals surface area contributed by atoms with Crippen molar-refractivity contribution in [2.24, 2.45) is 4.99 Å². The molecular formula is C17H29IN4. The number of rotatable bonds is 6. The van der Waals surface area contributed by atoms with E-state index in [1.165, 1.54) is 44.5 Å². The number of nitrogens with zero attached hydrogens (tertiary/aromatic N) is 2. The highest BCUT2D eigenvalue weighted by Crippen LogP contribution is 2.10. The van der Waals surface area contributed by atoms with E-state index < -0.39 is 0 Å². The van der Waals surface area contributed by atoms with Crippen molar-refractivity contribution in [1.29, 1.82) is 0 Å². The van der Waals surface area contributed by atoms with Gasteiger partial charge in [-0.25, -0.2) is 0 Å². The summed E-state index contributed by atoms with van der Waals surface area (Å²) in [5, 5.41) is 6.84. The first-order chi connectivity index (χ1) is 10.3. The van der Waals surface area contributed by atoms with E-state index in [0.717, 1.165) is 12.5 Å². The van der Waals surface area contributed by atoms with Crippen LogP contribution in [-0.4, -0.2) is 44.1 Å². The zero-order valence-corrected chi connectivity index (χ0v) is 16.0. The van der Waals surface area contributed by atoms with Crippen LogP contribution in [0.1, 0.15) is 37.8 Å². The van der Waals surface area contributed by atoms with E-state index in [9.17, 15) is 0 Å². The summed E-state index contributed by atoms with van der Waals surface area (Å²) in [5.74, 6) is 0.882. The monoisotopic (exact) mass is 416 g/mol. The Balaban J connectivity index is 0.00000242. The van der Waals surface area contributed by atoms with Crippen molar-refractivity contribution in [2.45, 2.75) is 32.2 Å². The normalized spacial score (nSPS) is 16.9. The van der Waals surface area contributed by atoms with Gasteiger partial charge in [-0.1, -0.05) is 30.3 Å². The fourth-order valence-corrected chi connectivity index (χ4v) is 2.74. The Morgan fingerprint density at radius 1 is 1.23 bits per heavy atom. The largest absolute Gasteiger partial charge is 0.356 e. The molecule has 0 aliphatic carbocycles. The first-order valence-electron chi connectivity index (χ1n) is 8.04. The lowest BCUT2D eigenvalue weighted by atomic mass is 10.1. The molecule has 0 saturated carbocycles. The maximum atomic E-state index is 4.30. The number of likely N-dealkylation sites (tertiary alicyclic amines) is 1. The minimum Gasteiger partial charge on any atom is -0.356 e. The Morgan fingerprint density at radius 3 is 2.55 bits per heavy atom. The lowest BCUT2D eigenvalue weighted by Gasteiger charge is -2.19. The average molecular weight is 416 g/mol. The van der Waals surface area contributed by atoms with Gasteiger partial charge < -0.3 is 15.5 Å². The van der Waals surface area contributed by atoms with Crippen molar-refractivity contribution >= 4 is 29.9 Å². The smallest absolute Gasteiger partial charge is 0.191 e. The number of benzene rings is 1. The third kappa shape index (κ3) is 6.52. The number of hydrogen-bond acceptors (Lipinski definition) is 2. The molecule has 1 saturated heterocycles. The lowest BCUT2D eigenvalue weighted by Crippen LogP contribution is -2.39. The van der Waals surface area contributed by atoms with Crippen molar-refractivity contribution in [1.82, 2.24) is 15.5 Å². The molecule has 1 aromatic rings. The fraction of sp³-hybridized carbons (Fsp3) is 0.588. The fourth-order valence-electron chi connectivity index (χ4n) is 2.74. The summed E-state index contributed by atoms with van der Waals surface area (Å²) in [6.45, 7) is 6.87. The molecule has 4 nitrogen and oxygen atoms in total. The van der Waals surface area contributed by atoms with Gasteiger partial charge in [0.1, 0.15) is 0 Å². The molecular weight excluding hydrogens is 387 g/mol. The van der Waals surface area contributed by atoms with Gasteiger partial charge in [0.05, 0.1) is 6.04 Å². The number of halogens is 1. The highest BCUT2D eigenvalue weighted by atomic mass is 127. The highest BCUT2D eigenvalue weighted by Gasteiger charge is 2.11. The van der Waals surface area contributed by atoms with Gasteiger partial charge in [-0.15, -0.1) is 24.0 Å². The first-order valence-corrected chi connectivity index (χ1v) is 8.04. The number of hydrogen-bond donors (Lipinski definition) is 2. The zero-order chi connectivity index (χ0) is 14.9. The maximum Gasteiger partial charge on any atom is 0.191 e. The van der Waals surface area contributed by atoms with E-state index in [4.69, 9.17) is 0 Å². The molecule has 124 valence electrons. The predicted molar refractivity (Wildman–Crippen MR) is 105 cm³/mol. The van der Waals surface area contributed by atoms with Gasteiger partial charge in [0.2, 0.25) is 0 Å². The second kappa shape index (κ2) is 10.8. The van der Waals surface area contributed by atoms with Gasteiger partial charge in [0.25, 0.3) is 0 Å². The summed E-state index contributed by atoms with van der Waals surface area (Å²) in [7, 11) is 1.83. The second-order valence-electron chi connectivity index (χ2n) is 5.68. The van der Waals surface area contributed by atoms with Crippen molar-refractivity contribution in [3.63, 3.8) is 0 Å². The summed E-state index contributed by atoms with van der Waals surface area (Å²) in [5.41, 5.74) is 1.28. The van der Waals surface area contributed by atoms with Crippen LogP contribution in [0, 0.1) is 0 Å². The summed E-state index contributed by atoms with van der Waals surface area (Å²) in [4.78, 5) is 6.85. The van der Waals surface area contributed by atoms with Crippen LogP contribution >= 0.6 is 24.0 Å². The third-order valence-electron chi connectivity index (χ3n) is 4.02. The molecule has 1 atom stereocenters. The van der Waals surface area contributed by atoms with E-state index in [0.29, 0.717) is 0 Å². The lowest BCUT2D eigenvalue weighted by molar-refractivity contribution is 0.334. The van der Waals surface area contributed by atoms with Gasteiger partial charge >= 0.3 is 0 Å². The standard InChI is InChI=1S/C17H28N4.HI/c1-15(16-9-4-3-5-10-16)20-17(18-2)19-11-8-14-21-12-6-7-13-21;/h3-5,9-10,15H,6-8,11-14H2,1-2H3,(H2,18,19,20);1H. The number of guanidine groups is 1. The molecule has 1 aliphatic heterocycles. The van der Waals surface area contributed by atoms with Crippen LogP contribution in [-0.2, 0) is 0 Å². The molecule has 22 heavy (non-hydrogen) atoms. The molecule has 5 heteroatoms. The molecule has 0 spiro atoms. The van der Waals surface area contributed by atoms with Gasteiger partial charge in [-0.3, -0.25) is 4.99 Å². The Labute approximate surface area is 151 Å². The van der Waals surface area contributed by atoms with E-state index in [2.05, 4.69) is 51.7 Å². The van der Waals surface area contributed by atoms with Gasteiger partial charge in [-0.2, -0.15) is 0 Å². The summed E-state index contributed by atoms with van der Waals surface area (Å²) in [6.07, 6.45) is 3.90. The van der Waals surface area contributed by atoms with Crippen LogP contribution in [0.3, 0.4) is 0 Å². The summed E-state index contributed by atoms with van der Waals surface area (Å²) >= 11 is 0. The highest BCUT2D eigenvalue weighted by molar-refractivity contribution is 14.0. The van der Waals surface area contributed by atoms with E-state index in [-0.39, 0.29) is 30.0 Å².